The van der Waals surface area contributed by atoms with Gasteiger partial charge in [0.1, 0.15) is 18.1 Å². The van der Waals surface area contributed by atoms with Gasteiger partial charge in [0.05, 0.1) is 14.2 Å². The van der Waals surface area contributed by atoms with Gasteiger partial charge in [-0.25, -0.2) is 5.48 Å². The molecule has 0 aliphatic heterocycles. The summed E-state index contributed by atoms with van der Waals surface area (Å²) in [6.45, 7) is 1.60. The van der Waals surface area contributed by atoms with Crippen molar-refractivity contribution in [3.63, 3.8) is 0 Å². The zero-order chi connectivity index (χ0) is 12.0. The highest BCUT2D eigenvalue weighted by molar-refractivity contribution is 5.71. The predicted octanol–water partition coefficient (Wildman–Crippen LogP) is 1.27. The van der Waals surface area contributed by atoms with Crippen molar-refractivity contribution in [3.05, 3.63) is 23.8 Å². The van der Waals surface area contributed by atoms with Gasteiger partial charge in [-0.1, -0.05) is 0 Å². The molecule has 1 N–H and O–H groups in total. The van der Waals surface area contributed by atoms with E-state index in [0.29, 0.717) is 11.5 Å². The van der Waals surface area contributed by atoms with E-state index in [1.54, 1.807) is 32.4 Å². The lowest BCUT2D eigenvalue weighted by Crippen LogP contribution is -2.20. The number of benzene rings is 1. The molecule has 0 fully saturated rings. The van der Waals surface area contributed by atoms with Gasteiger partial charge < -0.3 is 9.47 Å². The van der Waals surface area contributed by atoms with Crippen molar-refractivity contribution >= 4 is 5.91 Å². The van der Waals surface area contributed by atoms with Crippen molar-refractivity contribution in [3.8, 4) is 11.5 Å². The SMILES string of the molecule is COc1ccc(OC)c(CONC(C)=O)c1. The van der Waals surface area contributed by atoms with Crippen LogP contribution in [-0.2, 0) is 16.2 Å². The number of hydrogen-bond acceptors (Lipinski definition) is 4. The first-order valence-electron chi connectivity index (χ1n) is 4.76. The summed E-state index contributed by atoms with van der Waals surface area (Å²) in [6.07, 6.45) is 0. The molecule has 1 rings (SSSR count). The third kappa shape index (κ3) is 3.43. The van der Waals surface area contributed by atoms with E-state index < -0.39 is 0 Å². The van der Waals surface area contributed by atoms with Crippen LogP contribution in [0.25, 0.3) is 0 Å². The van der Waals surface area contributed by atoms with Crippen LogP contribution in [-0.4, -0.2) is 20.1 Å². The molecule has 0 aromatic heterocycles. The Labute approximate surface area is 94.3 Å². The van der Waals surface area contributed by atoms with E-state index >= 15 is 0 Å². The summed E-state index contributed by atoms with van der Waals surface area (Å²) in [5.41, 5.74) is 3.05. The first-order chi connectivity index (χ1) is 7.67. The summed E-state index contributed by atoms with van der Waals surface area (Å²) >= 11 is 0. The number of rotatable bonds is 5. The molecule has 0 atom stereocenters. The fraction of sp³-hybridized carbons (Fsp3) is 0.364. The van der Waals surface area contributed by atoms with Crippen LogP contribution < -0.4 is 15.0 Å². The largest absolute Gasteiger partial charge is 0.497 e. The third-order valence-corrected chi connectivity index (χ3v) is 1.93. The standard InChI is InChI=1S/C11H15NO4/c1-8(13)12-16-7-9-6-10(14-2)4-5-11(9)15-3/h4-6H,7H2,1-3H3,(H,12,13). The van der Waals surface area contributed by atoms with Gasteiger partial charge in [-0.3, -0.25) is 9.63 Å². The number of ether oxygens (including phenoxy) is 2. The van der Waals surface area contributed by atoms with Crippen molar-refractivity contribution < 1.29 is 19.1 Å². The maximum absolute atomic E-state index is 10.6. The zero-order valence-electron chi connectivity index (χ0n) is 9.57. The number of amides is 1. The second-order valence-corrected chi connectivity index (χ2v) is 3.12. The van der Waals surface area contributed by atoms with Gasteiger partial charge in [0.2, 0.25) is 5.91 Å². The van der Waals surface area contributed by atoms with Crippen LogP contribution in [0.3, 0.4) is 0 Å². The molecule has 5 nitrogen and oxygen atoms in total. The van der Waals surface area contributed by atoms with Crippen LogP contribution in [0.15, 0.2) is 18.2 Å². The summed E-state index contributed by atoms with van der Waals surface area (Å²) in [7, 11) is 3.16. The highest BCUT2D eigenvalue weighted by atomic mass is 16.7. The maximum atomic E-state index is 10.6. The second-order valence-electron chi connectivity index (χ2n) is 3.12. The van der Waals surface area contributed by atoms with Gasteiger partial charge in [-0.2, -0.15) is 0 Å². The molecule has 0 saturated carbocycles. The molecule has 0 bridgehead atoms. The van der Waals surface area contributed by atoms with Crippen molar-refractivity contribution in [2.45, 2.75) is 13.5 Å². The molecular weight excluding hydrogens is 210 g/mol. The van der Waals surface area contributed by atoms with E-state index in [9.17, 15) is 4.79 Å². The predicted molar refractivity (Wildman–Crippen MR) is 58.2 cm³/mol. The monoisotopic (exact) mass is 225 g/mol. The molecule has 0 aliphatic carbocycles. The van der Waals surface area contributed by atoms with E-state index in [0.717, 1.165) is 5.56 Å². The quantitative estimate of drug-likeness (QED) is 0.767. The number of carbonyl (C=O) groups is 1. The molecule has 0 unspecified atom stereocenters. The normalized spacial score (nSPS) is 9.69. The summed E-state index contributed by atoms with van der Waals surface area (Å²) in [6, 6.07) is 5.37. The van der Waals surface area contributed by atoms with E-state index in [1.165, 1.54) is 6.92 Å². The summed E-state index contributed by atoms with van der Waals surface area (Å²) < 4.78 is 10.2. The van der Waals surface area contributed by atoms with E-state index in [-0.39, 0.29) is 12.5 Å². The van der Waals surface area contributed by atoms with Crippen LogP contribution in [0.2, 0.25) is 0 Å². The average Bonchev–Trinajstić information content (AvgIpc) is 2.28. The van der Waals surface area contributed by atoms with E-state index in [4.69, 9.17) is 14.3 Å². The highest BCUT2D eigenvalue weighted by Gasteiger charge is 2.05. The maximum Gasteiger partial charge on any atom is 0.240 e. The number of nitrogens with one attached hydrogen (secondary N) is 1. The number of hydroxylamine groups is 1. The van der Waals surface area contributed by atoms with Crippen LogP contribution in [0.1, 0.15) is 12.5 Å². The Kier molecular flexibility index (Phi) is 4.60. The van der Waals surface area contributed by atoms with Crippen LogP contribution in [0.4, 0.5) is 0 Å². The molecule has 0 aliphatic rings. The third-order valence-electron chi connectivity index (χ3n) is 1.93. The van der Waals surface area contributed by atoms with E-state index in [2.05, 4.69) is 5.48 Å². The molecule has 88 valence electrons. The van der Waals surface area contributed by atoms with Gasteiger partial charge in [-0.15, -0.1) is 0 Å². The Balaban J connectivity index is 2.71. The van der Waals surface area contributed by atoms with Crippen molar-refractivity contribution in [2.75, 3.05) is 14.2 Å². The molecule has 0 saturated heterocycles. The Morgan fingerprint density at radius 2 is 2.06 bits per heavy atom. The minimum atomic E-state index is -0.248. The minimum absolute atomic E-state index is 0.222. The molecule has 16 heavy (non-hydrogen) atoms. The number of methoxy groups -OCH3 is 2. The van der Waals surface area contributed by atoms with E-state index in [1.807, 2.05) is 0 Å². The average molecular weight is 225 g/mol. The van der Waals surface area contributed by atoms with Gasteiger partial charge in [0.15, 0.2) is 0 Å². The smallest absolute Gasteiger partial charge is 0.240 e. The molecule has 1 aromatic carbocycles. The molecular formula is C11H15NO4. The van der Waals surface area contributed by atoms with Crippen LogP contribution in [0.5, 0.6) is 11.5 Å². The van der Waals surface area contributed by atoms with Gasteiger partial charge in [0.25, 0.3) is 0 Å². The molecule has 0 radical (unpaired) electrons. The lowest BCUT2D eigenvalue weighted by molar-refractivity contribution is -0.132. The first-order valence-corrected chi connectivity index (χ1v) is 4.76. The Morgan fingerprint density at radius 3 is 2.62 bits per heavy atom. The molecule has 5 heteroatoms. The highest BCUT2D eigenvalue weighted by Crippen LogP contribution is 2.24. The first kappa shape index (κ1) is 12.3. The van der Waals surface area contributed by atoms with Gasteiger partial charge in [0, 0.05) is 12.5 Å². The lowest BCUT2D eigenvalue weighted by Gasteiger charge is -2.10. The van der Waals surface area contributed by atoms with Crippen LogP contribution in [0, 0.1) is 0 Å². The summed E-state index contributed by atoms with van der Waals surface area (Å²) in [5, 5.41) is 0. The lowest BCUT2D eigenvalue weighted by atomic mass is 10.2. The zero-order valence-corrected chi connectivity index (χ0v) is 9.57. The van der Waals surface area contributed by atoms with Gasteiger partial charge in [-0.05, 0) is 18.2 Å². The van der Waals surface area contributed by atoms with Crippen molar-refractivity contribution in [1.29, 1.82) is 0 Å². The van der Waals surface area contributed by atoms with Gasteiger partial charge >= 0.3 is 0 Å². The summed E-state index contributed by atoms with van der Waals surface area (Å²) in [5.74, 6) is 1.15. The topological polar surface area (TPSA) is 56.8 Å². The number of hydrogen-bond donors (Lipinski definition) is 1. The summed E-state index contributed by atoms with van der Waals surface area (Å²) in [4.78, 5) is 15.6. The molecule has 0 heterocycles. The fourth-order valence-electron chi connectivity index (χ4n) is 1.21. The van der Waals surface area contributed by atoms with Crippen LogP contribution >= 0.6 is 0 Å². The second kappa shape index (κ2) is 5.97. The Hall–Kier alpha value is -1.75. The van der Waals surface area contributed by atoms with Crippen molar-refractivity contribution in [2.24, 2.45) is 0 Å². The van der Waals surface area contributed by atoms with Crippen molar-refractivity contribution in [1.82, 2.24) is 5.48 Å². The Bertz CT molecular complexity index is 365. The minimum Gasteiger partial charge on any atom is -0.497 e. The molecule has 0 spiro atoms. The molecule has 1 aromatic rings. The molecule has 1 amide bonds. The fourth-order valence-corrected chi connectivity index (χ4v) is 1.21. The Morgan fingerprint density at radius 1 is 1.31 bits per heavy atom. The number of carbonyl (C=O) groups excluding carboxylic acids is 1.